The van der Waals surface area contributed by atoms with E-state index in [1.54, 1.807) is 24.1 Å². The van der Waals surface area contributed by atoms with Crippen LogP contribution in [-0.2, 0) is 19.3 Å². The number of nitrogens with one attached hydrogen (secondary N) is 2. The number of hydrogen-bond acceptors (Lipinski definition) is 7. The first-order valence-electron chi connectivity index (χ1n) is 11.0. The third-order valence-corrected chi connectivity index (χ3v) is 5.92. The normalized spacial score (nSPS) is 14.9. The number of carbonyl (C=O) groups is 1. The van der Waals surface area contributed by atoms with Gasteiger partial charge in [0.2, 0.25) is 0 Å². The van der Waals surface area contributed by atoms with Crippen LogP contribution in [0.5, 0.6) is 0 Å². The van der Waals surface area contributed by atoms with Gasteiger partial charge in [0, 0.05) is 52.5 Å². The Hall–Kier alpha value is -3.74. The second-order valence-electron chi connectivity index (χ2n) is 8.12. The van der Waals surface area contributed by atoms with Crippen molar-refractivity contribution in [2.45, 2.75) is 26.2 Å². The summed E-state index contributed by atoms with van der Waals surface area (Å²) in [6.45, 7) is 3.97. The number of halogens is 3. The van der Waals surface area contributed by atoms with Crippen LogP contribution >= 0.6 is 0 Å². The van der Waals surface area contributed by atoms with E-state index < -0.39 is 29.0 Å². The molecule has 0 aliphatic carbocycles. The Labute approximate surface area is 197 Å². The Kier molecular flexibility index (Phi) is 6.61. The lowest BCUT2D eigenvalue weighted by molar-refractivity contribution is -0.140. The number of rotatable bonds is 5. The van der Waals surface area contributed by atoms with Gasteiger partial charge in [0.05, 0.1) is 11.2 Å². The fourth-order valence-corrected chi connectivity index (χ4v) is 4.13. The van der Waals surface area contributed by atoms with Gasteiger partial charge in [-0.05, 0) is 30.7 Å². The highest BCUT2D eigenvalue weighted by Crippen LogP contribution is 2.35. The molecule has 0 unspecified atom stereocenters. The molecule has 0 spiro atoms. The van der Waals surface area contributed by atoms with E-state index in [2.05, 4.69) is 20.3 Å². The molecule has 0 atom stereocenters. The molecule has 0 aromatic carbocycles. The monoisotopic (exact) mass is 491 g/mol. The lowest BCUT2D eigenvalue weighted by Crippen LogP contribution is -2.46. The topological polar surface area (TPSA) is 116 Å². The van der Waals surface area contributed by atoms with E-state index in [1.165, 1.54) is 19.2 Å². The van der Waals surface area contributed by atoms with Crippen LogP contribution in [0.25, 0.3) is 11.0 Å². The minimum Gasteiger partial charge on any atom is -0.367 e. The minimum absolute atomic E-state index is 0.0676. The molecule has 1 amide bonds. The number of alkyl halides is 3. The highest BCUT2D eigenvalue weighted by Gasteiger charge is 2.38. The van der Waals surface area contributed by atoms with E-state index in [0.29, 0.717) is 38.2 Å². The zero-order valence-electron chi connectivity index (χ0n) is 19.1. The van der Waals surface area contributed by atoms with Gasteiger partial charge in [-0.3, -0.25) is 19.1 Å². The Bertz CT molecular complexity index is 1380. The van der Waals surface area contributed by atoms with Crippen LogP contribution in [0.4, 0.5) is 18.9 Å². The van der Waals surface area contributed by atoms with Crippen molar-refractivity contribution in [1.82, 2.24) is 29.7 Å². The molecule has 3 aromatic rings. The Morgan fingerprint density at radius 1 is 1.17 bits per heavy atom. The molecule has 1 aliphatic rings. The average molecular weight is 491 g/mol. The van der Waals surface area contributed by atoms with Gasteiger partial charge < -0.3 is 15.2 Å². The fourth-order valence-electron chi connectivity index (χ4n) is 4.13. The predicted molar refractivity (Wildman–Crippen MR) is 122 cm³/mol. The van der Waals surface area contributed by atoms with E-state index in [-0.39, 0.29) is 23.4 Å². The van der Waals surface area contributed by atoms with Crippen LogP contribution in [0.15, 0.2) is 34.0 Å². The number of hydrogen-bond donors (Lipinski definition) is 2. The quantitative estimate of drug-likeness (QED) is 0.551. The molecule has 2 N–H and O–H groups in total. The third kappa shape index (κ3) is 4.90. The third-order valence-electron chi connectivity index (χ3n) is 5.92. The highest BCUT2D eigenvalue weighted by atomic mass is 19.4. The van der Waals surface area contributed by atoms with E-state index in [9.17, 15) is 27.6 Å². The van der Waals surface area contributed by atoms with E-state index >= 15 is 0 Å². The highest BCUT2D eigenvalue weighted by molar-refractivity contribution is 5.92. The van der Waals surface area contributed by atoms with Gasteiger partial charge in [-0.25, -0.2) is 14.8 Å². The fraction of sp³-hybridized carbons (Fsp3) is 0.409. The zero-order valence-corrected chi connectivity index (χ0v) is 19.1. The first kappa shape index (κ1) is 24.4. The van der Waals surface area contributed by atoms with Crippen LogP contribution in [0, 0.1) is 0 Å². The minimum atomic E-state index is -4.71. The smallest absolute Gasteiger partial charge is 0.367 e. The molecule has 1 saturated heterocycles. The number of aromatic nitrogens is 4. The summed E-state index contributed by atoms with van der Waals surface area (Å²) in [6.07, 6.45) is -3.14. The van der Waals surface area contributed by atoms with Crippen molar-refractivity contribution in [3.05, 3.63) is 62.2 Å². The number of anilines is 1. The molecular formula is C22H24F3N7O3. The van der Waals surface area contributed by atoms with E-state index in [0.717, 1.165) is 10.1 Å². The first-order chi connectivity index (χ1) is 16.6. The predicted octanol–water partition coefficient (Wildman–Crippen LogP) is 1.20. The van der Waals surface area contributed by atoms with Crippen LogP contribution in [0.1, 0.15) is 28.7 Å². The van der Waals surface area contributed by atoms with Gasteiger partial charge in [-0.15, -0.1) is 0 Å². The molecule has 4 heterocycles. The van der Waals surface area contributed by atoms with Crippen molar-refractivity contribution in [2.75, 3.05) is 38.1 Å². The van der Waals surface area contributed by atoms with Crippen LogP contribution in [0.3, 0.4) is 0 Å². The van der Waals surface area contributed by atoms with Gasteiger partial charge in [0.15, 0.2) is 11.2 Å². The summed E-state index contributed by atoms with van der Waals surface area (Å²) in [6, 6.07) is 4.26. The summed E-state index contributed by atoms with van der Waals surface area (Å²) in [4.78, 5) is 50.3. The Morgan fingerprint density at radius 2 is 1.89 bits per heavy atom. The maximum Gasteiger partial charge on any atom is 0.435 e. The molecule has 0 saturated carbocycles. The standard InChI is InChI=1S/C22H24F3N7O3/c1-3-32-20(34)17-15(29-21(32)35)10-13(11-27-17)12-30-6-8-31(9-7-30)16-5-4-14(19(33)26-2)28-18(16)22(23,24)25/h4-5,10-11H,3,6-9,12H2,1-2H3,(H,26,33)(H,29,35). The summed E-state index contributed by atoms with van der Waals surface area (Å²) >= 11 is 0. The molecular weight excluding hydrogens is 467 g/mol. The second-order valence-corrected chi connectivity index (χ2v) is 8.12. The summed E-state index contributed by atoms with van der Waals surface area (Å²) in [5.41, 5.74) is -1.13. The van der Waals surface area contributed by atoms with Gasteiger partial charge >= 0.3 is 11.9 Å². The lowest BCUT2D eigenvalue weighted by Gasteiger charge is -2.36. The summed E-state index contributed by atoms with van der Waals surface area (Å²) in [5, 5.41) is 2.28. The number of H-pyrrole nitrogens is 1. The van der Waals surface area contributed by atoms with Crippen molar-refractivity contribution >= 4 is 22.6 Å². The number of carbonyl (C=O) groups excluding carboxylic acids is 1. The molecule has 0 bridgehead atoms. The number of aromatic amines is 1. The van der Waals surface area contributed by atoms with Gasteiger partial charge in [0.25, 0.3) is 11.5 Å². The Morgan fingerprint density at radius 3 is 2.51 bits per heavy atom. The summed E-state index contributed by atoms with van der Waals surface area (Å²) in [7, 11) is 1.33. The largest absolute Gasteiger partial charge is 0.435 e. The summed E-state index contributed by atoms with van der Waals surface area (Å²) in [5.74, 6) is -0.689. The maximum atomic E-state index is 13.7. The molecule has 35 heavy (non-hydrogen) atoms. The van der Waals surface area contributed by atoms with Crippen molar-refractivity contribution in [2.24, 2.45) is 0 Å². The molecule has 13 heteroatoms. The zero-order chi connectivity index (χ0) is 25.3. The van der Waals surface area contributed by atoms with Crippen molar-refractivity contribution in [3.63, 3.8) is 0 Å². The number of fused-ring (bicyclic) bond motifs is 1. The molecule has 1 fully saturated rings. The molecule has 10 nitrogen and oxygen atoms in total. The molecule has 4 rings (SSSR count). The maximum absolute atomic E-state index is 13.7. The molecule has 0 radical (unpaired) electrons. The van der Waals surface area contributed by atoms with Crippen molar-refractivity contribution in [3.8, 4) is 0 Å². The summed E-state index contributed by atoms with van der Waals surface area (Å²) < 4.78 is 42.0. The number of nitrogens with zero attached hydrogens (tertiary/aromatic N) is 5. The van der Waals surface area contributed by atoms with Crippen LogP contribution < -0.4 is 21.5 Å². The van der Waals surface area contributed by atoms with E-state index in [1.807, 2.05) is 4.90 Å². The average Bonchev–Trinajstić information content (AvgIpc) is 2.83. The van der Waals surface area contributed by atoms with Crippen LogP contribution in [-0.4, -0.2) is 63.6 Å². The molecule has 1 aliphatic heterocycles. The number of amides is 1. The van der Waals surface area contributed by atoms with Gasteiger partial charge in [-0.1, -0.05) is 0 Å². The number of pyridine rings is 2. The molecule has 3 aromatic heterocycles. The van der Waals surface area contributed by atoms with E-state index in [4.69, 9.17) is 0 Å². The van der Waals surface area contributed by atoms with Crippen molar-refractivity contribution < 1.29 is 18.0 Å². The van der Waals surface area contributed by atoms with Crippen LogP contribution in [0.2, 0.25) is 0 Å². The van der Waals surface area contributed by atoms with Gasteiger partial charge in [0.1, 0.15) is 5.69 Å². The number of piperazine rings is 1. The SMILES string of the molecule is CCn1c(=O)[nH]c2cc(CN3CCN(c4ccc(C(=O)NC)nc4C(F)(F)F)CC3)cnc2c1=O. The Balaban J connectivity index is 1.49. The lowest BCUT2D eigenvalue weighted by atomic mass is 10.1. The second kappa shape index (κ2) is 9.49. The molecule has 186 valence electrons. The van der Waals surface area contributed by atoms with Crippen molar-refractivity contribution in [1.29, 1.82) is 0 Å². The first-order valence-corrected chi connectivity index (χ1v) is 11.0. The van der Waals surface area contributed by atoms with Gasteiger partial charge in [-0.2, -0.15) is 13.2 Å².